The molecule has 0 spiro atoms. The number of rotatable bonds is 4. The highest BCUT2D eigenvalue weighted by atomic mass is 16.5. The molecule has 3 nitrogen and oxygen atoms in total. The summed E-state index contributed by atoms with van der Waals surface area (Å²) in [6, 6.07) is 18.2. The molecule has 0 aliphatic heterocycles. The molecule has 0 bridgehead atoms. The van der Waals surface area contributed by atoms with Gasteiger partial charge in [0, 0.05) is 17.5 Å². The molecule has 0 aliphatic rings. The van der Waals surface area contributed by atoms with Crippen molar-refractivity contribution in [3.05, 3.63) is 65.7 Å². The summed E-state index contributed by atoms with van der Waals surface area (Å²) in [6.45, 7) is 2.77. The molecule has 0 unspecified atom stereocenters. The lowest BCUT2D eigenvalue weighted by molar-refractivity contribution is 0.456. The molecular formula is C18H18N2O. The van der Waals surface area contributed by atoms with Crippen LogP contribution in [-0.4, -0.2) is 12.0 Å². The summed E-state index contributed by atoms with van der Waals surface area (Å²) in [6.07, 6.45) is 0. The normalized spacial score (nSPS) is 10.8. The van der Waals surface area contributed by atoms with Crippen molar-refractivity contribution in [3.8, 4) is 11.6 Å². The maximum atomic E-state index is 6.00. The van der Waals surface area contributed by atoms with Gasteiger partial charge < -0.3 is 10.1 Å². The van der Waals surface area contributed by atoms with Gasteiger partial charge in [-0.15, -0.1) is 0 Å². The summed E-state index contributed by atoms with van der Waals surface area (Å²) >= 11 is 0. The van der Waals surface area contributed by atoms with Gasteiger partial charge in [0.15, 0.2) is 0 Å². The third-order valence-electron chi connectivity index (χ3n) is 3.33. The van der Waals surface area contributed by atoms with Crippen molar-refractivity contribution in [1.82, 2.24) is 10.3 Å². The number of aryl methyl sites for hydroxylation is 1. The smallest absolute Gasteiger partial charge is 0.224 e. The number of aromatic nitrogens is 1. The fourth-order valence-electron chi connectivity index (χ4n) is 2.34. The van der Waals surface area contributed by atoms with E-state index in [0.717, 1.165) is 28.8 Å². The minimum atomic E-state index is 0.661. The van der Waals surface area contributed by atoms with Crippen molar-refractivity contribution in [2.24, 2.45) is 0 Å². The van der Waals surface area contributed by atoms with Crippen LogP contribution in [0.1, 0.15) is 11.1 Å². The highest BCUT2D eigenvalue weighted by molar-refractivity contribution is 5.80. The van der Waals surface area contributed by atoms with E-state index in [9.17, 15) is 0 Å². The molecule has 21 heavy (non-hydrogen) atoms. The van der Waals surface area contributed by atoms with Gasteiger partial charge in [-0.1, -0.05) is 30.3 Å². The van der Waals surface area contributed by atoms with Crippen LogP contribution >= 0.6 is 0 Å². The van der Waals surface area contributed by atoms with E-state index in [1.165, 1.54) is 5.56 Å². The number of nitrogens with one attached hydrogen (secondary N) is 1. The number of hydrogen-bond donors (Lipinski definition) is 1. The topological polar surface area (TPSA) is 34.2 Å². The Labute approximate surface area is 124 Å². The van der Waals surface area contributed by atoms with E-state index in [2.05, 4.69) is 35.4 Å². The van der Waals surface area contributed by atoms with Crippen LogP contribution in [0.2, 0.25) is 0 Å². The lowest BCUT2D eigenvalue weighted by Gasteiger charge is -2.12. The first-order valence-electron chi connectivity index (χ1n) is 7.04. The van der Waals surface area contributed by atoms with Gasteiger partial charge in [0.25, 0.3) is 0 Å². The summed E-state index contributed by atoms with van der Waals surface area (Å²) in [7, 11) is 1.92. The van der Waals surface area contributed by atoms with Crippen molar-refractivity contribution in [1.29, 1.82) is 0 Å². The second kappa shape index (κ2) is 5.94. The predicted molar refractivity (Wildman–Crippen MR) is 85.8 cm³/mol. The summed E-state index contributed by atoms with van der Waals surface area (Å²) in [4.78, 5) is 4.66. The molecule has 0 fully saturated rings. The molecule has 0 aliphatic carbocycles. The second-order valence-corrected chi connectivity index (χ2v) is 5.09. The van der Waals surface area contributed by atoms with Gasteiger partial charge in [-0.25, -0.2) is 4.98 Å². The molecule has 106 valence electrons. The van der Waals surface area contributed by atoms with Gasteiger partial charge in [-0.3, -0.25) is 0 Å². The van der Waals surface area contributed by atoms with Gasteiger partial charge in [0.05, 0.1) is 5.52 Å². The van der Waals surface area contributed by atoms with E-state index in [4.69, 9.17) is 4.74 Å². The number of pyridine rings is 1. The van der Waals surface area contributed by atoms with Crippen LogP contribution in [0.4, 0.5) is 0 Å². The monoisotopic (exact) mass is 278 g/mol. The van der Waals surface area contributed by atoms with Crippen LogP contribution in [-0.2, 0) is 6.54 Å². The Bertz CT molecular complexity index is 768. The van der Waals surface area contributed by atoms with E-state index in [1.807, 2.05) is 43.4 Å². The van der Waals surface area contributed by atoms with E-state index < -0.39 is 0 Å². The highest BCUT2D eigenvalue weighted by Crippen LogP contribution is 2.27. The van der Waals surface area contributed by atoms with E-state index in [1.54, 1.807) is 0 Å². The molecule has 2 aromatic carbocycles. The zero-order valence-electron chi connectivity index (χ0n) is 12.3. The van der Waals surface area contributed by atoms with Crippen molar-refractivity contribution in [2.75, 3.05) is 7.05 Å². The number of para-hydroxylation sites is 1. The number of fused-ring (bicyclic) bond motifs is 1. The van der Waals surface area contributed by atoms with Gasteiger partial charge in [-0.05, 0) is 43.8 Å². The Morgan fingerprint density at radius 1 is 1.05 bits per heavy atom. The fourth-order valence-corrected chi connectivity index (χ4v) is 2.34. The minimum absolute atomic E-state index is 0.661. The van der Waals surface area contributed by atoms with E-state index in [-0.39, 0.29) is 0 Å². The molecule has 0 atom stereocenters. The van der Waals surface area contributed by atoms with E-state index in [0.29, 0.717) is 5.88 Å². The molecule has 1 heterocycles. The number of hydrogen-bond acceptors (Lipinski definition) is 3. The standard InChI is InChI=1S/C18H18N2O/c1-13-6-5-8-16(10-13)21-18-15(12-19-2)11-14-7-3-4-9-17(14)20-18/h3-11,19H,12H2,1-2H3. The van der Waals surface area contributed by atoms with Crippen LogP contribution in [0.25, 0.3) is 10.9 Å². The molecule has 0 amide bonds. The molecule has 3 aromatic rings. The van der Waals surface area contributed by atoms with Crippen LogP contribution in [0.5, 0.6) is 11.6 Å². The SMILES string of the molecule is CNCc1cc2ccccc2nc1Oc1cccc(C)c1. The largest absolute Gasteiger partial charge is 0.439 e. The van der Waals surface area contributed by atoms with Gasteiger partial charge >= 0.3 is 0 Å². The zero-order chi connectivity index (χ0) is 14.7. The van der Waals surface area contributed by atoms with Crippen LogP contribution in [0, 0.1) is 6.92 Å². The molecule has 1 N–H and O–H groups in total. The van der Waals surface area contributed by atoms with Crippen molar-refractivity contribution in [2.45, 2.75) is 13.5 Å². The van der Waals surface area contributed by atoms with Crippen molar-refractivity contribution in [3.63, 3.8) is 0 Å². The van der Waals surface area contributed by atoms with Gasteiger partial charge in [0.1, 0.15) is 5.75 Å². The predicted octanol–water partition coefficient (Wildman–Crippen LogP) is 4.05. The van der Waals surface area contributed by atoms with Crippen LogP contribution in [0.15, 0.2) is 54.6 Å². The summed E-state index contributed by atoms with van der Waals surface area (Å²) in [5.41, 5.74) is 3.17. The average Bonchev–Trinajstić information content (AvgIpc) is 2.48. The van der Waals surface area contributed by atoms with Gasteiger partial charge in [-0.2, -0.15) is 0 Å². The maximum Gasteiger partial charge on any atom is 0.224 e. The van der Waals surface area contributed by atoms with Gasteiger partial charge in [0.2, 0.25) is 5.88 Å². The van der Waals surface area contributed by atoms with Crippen molar-refractivity contribution >= 4 is 10.9 Å². The Kier molecular flexibility index (Phi) is 3.84. The van der Waals surface area contributed by atoms with Crippen molar-refractivity contribution < 1.29 is 4.74 Å². The van der Waals surface area contributed by atoms with E-state index >= 15 is 0 Å². The minimum Gasteiger partial charge on any atom is -0.439 e. The second-order valence-electron chi connectivity index (χ2n) is 5.09. The lowest BCUT2D eigenvalue weighted by atomic mass is 10.1. The first kappa shape index (κ1) is 13.6. The summed E-state index contributed by atoms with van der Waals surface area (Å²) < 4.78 is 6.00. The molecule has 3 rings (SSSR count). The lowest BCUT2D eigenvalue weighted by Crippen LogP contribution is -2.07. The molecule has 1 aromatic heterocycles. The third kappa shape index (κ3) is 3.03. The first-order valence-corrected chi connectivity index (χ1v) is 7.04. The fraction of sp³-hybridized carbons (Fsp3) is 0.167. The zero-order valence-corrected chi connectivity index (χ0v) is 12.3. The Morgan fingerprint density at radius 2 is 1.90 bits per heavy atom. The average molecular weight is 278 g/mol. The maximum absolute atomic E-state index is 6.00. The summed E-state index contributed by atoms with van der Waals surface area (Å²) in [5, 5.41) is 4.29. The Morgan fingerprint density at radius 3 is 2.71 bits per heavy atom. The quantitative estimate of drug-likeness (QED) is 0.781. The number of ether oxygens (including phenoxy) is 1. The molecule has 3 heteroatoms. The van der Waals surface area contributed by atoms with Crippen LogP contribution < -0.4 is 10.1 Å². The Balaban J connectivity index is 2.04. The molecule has 0 saturated carbocycles. The van der Waals surface area contributed by atoms with Crippen LogP contribution in [0.3, 0.4) is 0 Å². The highest BCUT2D eigenvalue weighted by Gasteiger charge is 2.09. The third-order valence-corrected chi connectivity index (χ3v) is 3.33. The first-order chi connectivity index (χ1) is 10.3. The number of nitrogens with zero attached hydrogens (tertiary/aromatic N) is 1. The number of benzene rings is 2. The molecule has 0 saturated heterocycles. The Hall–Kier alpha value is -2.39. The molecular weight excluding hydrogens is 260 g/mol. The molecule has 0 radical (unpaired) electrons. The summed E-state index contributed by atoms with van der Waals surface area (Å²) in [5.74, 6) is 1.48.